The summed E-state index contributed by atoms with van der Waals surface area (Å²) >= 11 is 0. The third kappa shape index (κ3) is 3.12. The van der Waals surface area contributed by atoms with Crippen molar-refractivity contribution in [2.75, 3.05) is 20.3 Å². The first-order valence-electron chi connectivity index (χ1n) is 6.21. The zero-order valence-corrected chi connectivity index (χ0v) is 11.1. The van der Waals surface area contributed by atoms with Crippen molar-refractivity contribution in [2.45, 2.75) is 44.2 Å². The van der Waals surface area contributed by atoms with Gasteiger partial charge in [0.05, 0.1) is 6.61 Å². The number of carbonyl (C=O) groups is 1. The standard InChI is InChI=1S/C12H21NO3.ClH/c1-16-7-6-13-10-5-3-2-4-9(10)8-11(13)12(14)15;/h9-11H,2-8H2,1H3,(H,14,15);1H. The fourth-order valence-corrected chi connectivity index (χ4v) is 3.31. The molecule has 1 heterocycles. The Bertz CT molecular complexity index is 262. The van der Waals surface area contributed by atoms with Crippen LogP contribution in [-0.2, 0) is 9.53 Å². The lowest BCUT2D eigenvalue weighted by Crippen LogP contribution is -2.43. The molecular formula is C12H22ClNO3. The number of ether oxygens (including phenoxy) is 1. The Morgan fingerprint density at radius 1 is 1.41 bits per heavy atom. The van der Waals surface area contributed by atoms with Crippen LogP contribution in [0.5, 0.6) is 0 Å². The number of carboxylic acid groups (broad SMARTS) is 1. The van der Waals surface area contributed by atoms with E-state index in [1.54, 1.807) is 7.11 Å². The highest BCUT2D eigenvalue weighted by Crippen LogP contribution is 2.39. The molecule has 4 nitrogen and oxygen atoms in total. The highest BCUT2D eigenvalue weighted by atomic mass is 35.5. The van der Waals surface area contributed by atoms with Crippen molar-refractivity contribution in [2.24, 2.45) is 5.92 Å². The van der Waals surface area contributed by atoms with E-state index in [2.05, 4.69) is 4.90 Å². The molecule has 1 saturated carbocycles. The molecule has 0 aromatic heterocycles. The molecule has 3 unspecified atom stereocenters. The van der Waals surface area contributed by atoms with Crippen molar-refractivity contribution in [1.82, 2.24) is 4.90 Å². The molecule has 2 aliphatic rings. The van der Waals surface area contributed by atoms with Crippen LogP contribution in [-0.4, -0.2) is 48.3 Å². The zero-order valence-electron chi connectivity index (χ0n) is 10.3. The molecule has 2 fully saturated rings. The summed E-state index contributed by atoms with van der Waals surface area (Å²) in [7, 11) is 1.67. The van der Waals surface area contributed by atoms with Gasteiger partial charge in [0.1, 0.15) is 6.04 Å². The van der Waals surface area contributed by atoms with Gasteiger partial charge in [0, 0.05) is 19.7 Å². The monoisotopic (exact) mass is 263 g/mol. The number of carboxylic acids is 1. The smallest absolute Gasteiger partial charge is 0.320 e. The number of fused-ring (bicyclic) bond motifs is 1. The van der Waals surface area contributed by atoms with Crippen LogP contribution >= 0.6 is 12.4 Å². The Balaban J connectivity index is 0.00000144. The maximum absolute atomic E-state index is 11.2. The van der Waals surface area contributed by atoms with Gasteiger partial charge in [-0.25, -0.2) is 0 Å². The second-order valence-corrected chi connectivity index (χ2v) is 4.93. The fourth-order valence-electron chi connectivity index (χ4n) is 3.31. The minimum absolute atomic E-state index is 0. The SMILES string of the molecule is COCCN1C(C(=O)O)CC2CCCCC21.Cl. The predicted molar refractivity (Wildman–Crippen MR) is 67.6 cm³/mol. The number of likely N-dealkylation sites (tertiary alicyclic amines) is 1. The lowest BCUT2D eigenvalue weighted by Gasteiger charge is -2.32. The molecule has 1 aliphatic heterocycles. The highest BCUT2D eigenvalue weighted by Gasteiger charge is 2.44. The number of halogens is 1. The maximum atomic E-state index is 11.2. The summed E-state index contributed by atoms with van der Waals surface area (Å²) in [5, 5.41) is 9.25. The molecule has 0 aromatic rings. The van der Waals surface area contributed by atoms with Gasteiger partial charge < -0.3 is 9.84 Å². The van der Waals surface area contributed by atoms with Crippen molar-refractivity contribution in [3.8, 4) is 0 Å². The molecule has 17 heavy (non-hydrogen) atoms. The van der Waals surface area contributed by atoms with Crippen molar-refractivity contribution in [1.29, 1.82) is 0 Å². The average molecular weight is 264 g/mol. The Morgan fingerprint density at radius 3 is 2.76 bits per heavy atom. The van der Waals surface area contributed by atoms with Crippen molar-refractivity contribution in [3.05, 3.63) is 0 Å². The Hall–Kier alpha value is -0.320. The van der Waals surface area contributed by atoms with E-state index in [-0.39, 0.29) is 18.4 Å². The molecule has 1 aliphatic carbocycles. The molecule has 0 bridgehead atoms. The van der Waals surface area contributed by atoms with E-state index in [0.29, 0.717) is 18.6 Å². The Kier molecular flexibility index (Phi) is 5.70. The summed E-state index contributed by atoms with van der Waals surface area (Å²) in [6, 6.07) is 0.216. The topological polar surface area (TPSA) is 49.8 Å². The number of nitrogens with zero attached hydrogens (tertiary/aromatic N) is 1. The van der Waals surface area contributed by atoms with E-state index in [0.717, 1.165) is 19.4 Å². The number of hydrogen-bond donors (Lipinski definition) is 1. The molecule has 0 spiro atoms. The van der Waals surface area contributed by atoms with Gasteiger partial charge in [0.15, 0.2) is 0 Å². The van der Waals surface area contributed by atoms with Gasteiger partial charge in [-0.3, -0.25) is 9.69 Å². The average Bonchev–Trinajstić information content (AvgIpc) is 2.65. The summed E-state index contributed by atoms with van der Waals surface area (Å²) in [5.74, 6) is -0.0581. The highest BCUT2D eigenvalue weighted by molar-refractivity contribution is 5.85. The summed E-state index contributed by atoms with van der Waals surface area (Å²) in [5.41, 5.74) is 0. The van der Waals surface area contributed by atoms with E-state index in [1.165, 1.54) is 19.3 Å². The van der Waals surface area contributed by atoms with E-state index in [9.17, 15) is 9.90 Å². The van der Waals surface area contributed by atoms with E-state index >= 15 is 0 Å². The van der Waals surface area contributed by atoms with Crippen LogP contribution in [0.4, 0.5) is 0 Å². The molecule has 1 saturated heterocycles. The molecular weight excluding hydrogens is 242 g/mol. The molecule has 0 amide bonds. The van der Waals surface area contributed by atoms with Gasteiger partial charge in [-0.15, -0.1) is 12.4 Å². The Morgan fingerprint density at radius 2 is 2.12 bits per heavy atom. The minimum atomic E-state index is -0.662. The largest absolute Gasteiger partial charge is 0.480 e. The van der Waals surface area contributed by atoms with Crippen molar-refractivity contribution in [3.63, 3.8) is 0 Å². The molecule has 5 heteroatoms. The number of methoxy groups -OCH3 is 1. The second kappa shape index (κ2) is 6.57. The first-order valence-corrected chi connectivity index (χ1v) is 6.21. The zero-order chi connectivity index (χ0) is 11.5. The lowest BCUT2D eigenvalue weighted by atomic mass is 9.85. The van der Waals surface area contributed by atoms with Crippen molar-refractivity contribution < 1.29 is 14.6 Å². The van der Waals surface area contributed by atoms with Crippen LogP contribution in [0.3, 0.4) is 0 Å². The van der Waals surface area contributed by atoms with Crippen LogP contribution < -0.4 is 0 Å². The van der Waals surface area contributed by atoms with Crippen LogP contribution in [0, 0.1) is 5.92 Å². The van der Waals surface area contributed by atoms with Crippen LogP contribution in [0.15, 0.2) is 0 Å². The van der Waals surface area contributed by atoms with Gasteiger partial charge in [0.25, 0.3) is 0 Å². The summed E-state index contributed by atoms with van der Waals surface area (Å²) in [6.45, 7) is 1.39. The third-order valence-corrected chi connectivity index (χ3v) is 4.06. The predicted octanol–water partition coefficient (Wildman–Crippen LogP) is 1.77. The van der Waals surface area contributed by atoms with Gasteiger partial charge in [-0.05, 0) is 25.2 Å². The molecule has 2 rings (SSSR count). The van der Waals surface area contributed by atoms with E-state index in [4.69, 9.17) is 4.74 Å². The fraction of sp³-hybridized carbons (Fsp3) is 0.917. The number of rotatable bonds is 4. The number of aliphatic carboxylic acids is 1. The van der Waals surface area contributed by atoms with Gasteiger partial charge >= 0.3 is 5.97 Å². The first-order chi connectivity index (χ1) is 7.74. The quantitative estimate of drug-likeness (QED) is 0.840. The summed E-state index contributed by atoms with van der Waals surface area (Å²) < 4.78 is 5.08. The van der Waals surface area contributed by atoms with E-state index in [1.807, 2.05) is 0 Å². The lowest BCUT2D eigenvalue weighted by molar-refractivity contribution is -0.142. The van der Waals surface area contributed by atoms with Crippen LogP contribution in [0.25, 0.3) is 0 Å². The van der Waals surface area contributed by atoms with Crippen molar-refractivity contribution >= 4 is 18.4 Å². The molecule has 1 N–H and O–H groups in total. The van der Waals surface area contributed by atoms with Crippen LogP contribution in [0.2, 0.25) is 0 Å². The number of hydrogen-bond acceptors (Lipinski definition) is 3. The molecule has 100 valence electrons. The molecule has 0 radical (unpaired) electrons. The van der Waals surface area contributed by atoms with Gasteiger partial charge in [-0.1, -0.05) is 12.8 Å². The Labute approximate surface area is 109 Å². The van der Waals surface area contributed by atoms with Gasteiger partial charge in [-0.2, -0.15) is 0 Å². The first kappa shape index (κ1) is 14.7. The summed E-state index contributed by atoms with van der Waals surface area (Å²) in [6.07, 6.45) is 5.72. The summed E-state index contributed by atoms with van der Waals surface area (Å²) in [4.78, 5) is 13.4. The van der Waals surface area contributed by atoms with E-state index < -0.39 is 5.97 Å². The third-order valence-electron chi connectivity index (χ3n) is 4.06. The second-order valence-electron chi connectivity index (χ2n) is 4.93. The maximum Gasteiger partial charge on any atom is 0.320 e. The molecule has 3 atom stereocenters. The van der Waals surface area contributed by atoms with Gasteiger partial charge in [0.2, 0.25) is 0 Å². The minimum Gasteiger partial charge on any atom is -0.480 e. The normalized spacial score (nSPS) is 32.9. The molecule has 0 aromatic carbocycles. The van der Waals surface area contributed by atoms with Crippen LogP contribution in [0.1, 0.15) is 32.1 Å².